The van der Waals surface area contributed by atoms with Gasteiger partial charge in [-0.15, -0.1) is 11.8 Å². The van der Waals surface area contributed by atoms with Crippen molar-refractivity contribution < 1.29 is 14.2 Å². The van der Waals surface area contributed by atoms with Crippen molar-refractivity contribution in [2.24, 2.45) is 0 Å². The zero-order valence-electron chi connectivity index (χ0n) is 16.4. The number of hydrogen-bond acceptors (Lipinski definition) is 4. The van der Waals surface area contributed by atoms with Crippen molar-refractivity contribution in [3.8, 4) is 0 Å². The number of carbonyl (C=O) groups is 2. The van der Waals surface area contributed by atoms with Gasteiger partial charge in [0.2, 0.25) is 0 Å². The van der Waals surface area contributed by atoms with Gasteiger partial charge in [0.1, 0.15) is 0 Å². The zero-order chi connectivity index (χ0) is 21.3. The van der Waals surface area contributed by atoms with Gasteiger partial charge >= 0.3 is 11.6 Å². The summed E-state index contributed by atoms with van der Waals surface area (Å²) in [6.45, 7) is 1.97. The number of imide groups is 1. The molecular formula is C23H19ClN3O2S+. The minimum absolute atomic E-state index is 0.214. The quantitative estimate of drug-likeness (QED) is 0.363. The molecule has 2 aromatic carbocycles. The Kier molecular flexibility index (Phi) is 5.61. The number of thioether (sulfide) groups is 1. The largest absolute Gasteiger partial charge is 0.345 e. The third-order valence-electron chi connectivity index (χ3n) is 4.74. The number of anilines is 2. The second-order valence-corrected chi connectivity index (χ2v) is 8.10. The first-order valence-corrected chi connectivity index (χ1v) is 10.9. The Hall–Kier alpha value is -3.09. The molecule has 0 saturated carbocycles. The summed E-state index contributed by atoms with van der Waals surface area (Å²) in [4.78, 5) is 29.0. The average Bonchev–Trinajstić information content (AvgIpc) is 3.00. The Morgan fingerprint density at radius 2 is 1.67 bits per heavy atom. The van der Waals surface area contributed by atoms with E-state index in [1.165, 1.54) is 4.90 Å². The lowest BCUT2D eigenvalue weighted by atomic mass is 10.2. The first-order chi connectivity index (χ1) is 14.5. The van der Waals surface area contributed by atoms with E-state index in [9.17, 15) is 9.59 Å². The van der Waals surface area contributed by atoms with Crippen LogP contribution in [0, 0.1) is 6.92 Å². The van der Waals surface area contributed by atoms with E-state index >= 15 is 0 Å². The maximum atomic E-state index is 13.4. The van der Waals surface area contributed by atoms with Crippen LogP contribution in [0.3, 0.4) is 0 Å². The number of aryl methyl sites for hydroxylation is 1. The molecule has 4 rings (SSSR count). The van der Waals surface area contributed by atoms with E-state index in [1.807, 2.05) is 43.5 Å². The zero-order valence-corrected chi connectivity index (χ0v) is 18.0. The van der Waals surface area contributed by atoms with Crippen LogP contribution >= 0.6 is 23.4 Å². The summed E-state index contributed by atoms with van der Waals surface area (Å²) in [5.74, 6) is -0.792. The van der Waals surface area contributed by atoms with E-state index in [0.717, 1.165) is 10.5 Å². The fourth-order valence-electron chi connectivity index (χ4n) is 3.18. The molecule has 1 N–H and O–H groups in total. The number of aromatic nitrogens is 1. The molecule has 1 aliphatic rings. The first kappa shape index (κ1) is 20.2. The fraction of sp³-hybridized carbons (Fsp3) is 0.0870. The monoisotopic (exact) mass is 436 g/mol. The second kappa shape index (κ2) is 8.34. The highest BCUT2D eigenvalue weighted by Crippen LogP contribution is 2.30. The molecule has 1 aromatic heterocycles. The Labute approximate surface area is 184 Å². The van der Waals surface area contributed by atoms with E-state index in [4.69, 9.17) is 11.6 Å². The third-order valence-corrected chi connectivity index (χ3v) is 5.72. The predicted molar refractivity (Wildman–Crippen MR) is 120 cm³/mol. The lowest BCUT2D eigenvalue weighted by Gasteiger charge is -2.15. The van der Waals surface area contributed by atoms with Gasteiger partial charge in [-0.3, -0.25) is 9.59 Å². The van der Waals surface area contributed by atoms with Gasteiger partial charge in [0.15, 0.2) is 18.1 Å². The first-order valence-electron chi connectivity index (χ1n) is 9.26. The molecule has 0 atom stereocenters. The van der Waals surface area contributed by atoms with Crippen molar-refractivity contribution in [3.63, 3.8) is 0 Å². The number of nitrogens with zero attached hydrogens (tertiary/aromatic N) is 2. The number of carbonyl (C=O) groups excluding carboxylic acids is 2. The van der Waals surface area contributed by atoms with Crippen LogP contribution in [0.15, 0.2) is 83.6 Å². The molecule has 0 spiro atoms. The van der Waals surface area contributed by atoms with E-state index in [1.54, 1.807) is 59.1 Å². The number of pyridine rings is 1. The van der Waals surface area contributed by atoms with Crippen LogP contribution < -0.4 is 14.8 Å². The van der Waals surface area contributed by atoms with Crippen LogP contribution in [-0.4, -0.2) is 18.1 Å². The molecule has 150 valence electrons. The molecule has 0 fully saturated rings. The maximum Gasteiger partial charge on any atom is 0.333 e. The SMILES string of the molecule is CSc1cccc(N2C(=O)C(Nc3ccc(Cl)cc3)=C([n+]3ccc(C)cc3)C2=O)c1. The Bertz CT molecular complexity index is 1160. The summed E-state index contributed by atoms with van der Waals surface area (Å²) in [7, 11) is 0. The molecule has 0 unspecified atom stereocenters. The van der Waals surface area contributed by atoms with Crippen molar-refractivity contribution in [2.45, 2.75) is 11.8 Å². The molecule has 7 heteroatoms. The molecule has 1 aliphatic heterocycles. The van der Waals surface area contributed by atoms with E-state index in [0.29, 0.717) is 16.4 Å². The number of nitrogens with one attached hydrogen (secondary N) is 1. The van der Waals surface area contributed by atoms with E-state index in [-0.39, 0.29) is 17.3 Å². The Balaban J connectivity index is 1.81. The van der Waals surface area contributed by atoms with Crippen LogP contribution in [0.25, 0.3) is 5.70 Å². The topological polar surface area (TPSA) is 53.3 Å². The van der Waals surface area contributed by atoms with Crippen LogP contribution in [0.1, 0.15) is 5.56 Å². The average molecular weight is 437 g/mol. The highest BCUT2D eigenvalue weighted by molar-refractivity contribution is 7.98. The molecule has 30 heavy (non-hydrogen) atoms. The van der Waals surface area contributed by atoms with Gasteiger partial charge in [-0.2, -0.15) is 4.57 Å². The van der Waals surface area contributed by atoms with Crippen molar-refractivity contribution in [2.75, 3.05) is 16.5 Å². The molecule has 3 aromatic rings. The standard InChI is InChI=1S/C23H18ClN3O2S/c1-15-10-12-26(13-11-15)21-20(25-17-8-6-16(24)7-9-17)22(28)27(23(21)29)18-4-3-5-19(14-18)30-2/h3-14H,1-2H3/p+1. The van der Waals surface area contributed by atoms with Gasteiger partial charge in [0.05, 0.1) is 5.69 Å². The second-order valence-electron chi connectivity index (χ2n) is 6.79. The van der Waals surface area contributed by atoms with Crippen LogP contribution in [0.5, 0.6) is 0 Å². The van der Waals surface area contributed by atoms with Crippen LogP contribution in [-0.2, 0) is 9.59 Å². The number of amides is 2. The van der Waals surface area contributed by atoms with Crippen molar-refractivity contribution in [1.82, 2.24) is 0 Å². The van der Waals surface area contributed by atoms with Gasteiger partial charge in [-0.05, 0) is 61.2 Å². The summed E-state index contributed by atoms with van der Waals surface area (Å²) in [5.41, 5.74) is 2.74. The van der Waals surface area contributed by atoms with Crippen molar-refractivity contribution >= 4 is 52.2 Å². The maximum absolute atomic E-state index is 13.4. The molecular weight excluding hydrogens is 418 g/mol. The lowest BCUT2D eigenvalue weighted by Crippen LogP contribution is -2.39. The molecule has 2 heterocycles. The van der Waals surface area contributed by atoms with Crippen LogP contribution in [0.4, 0.5) is 11.4 Å². The summed E-state index contributed by atoms with van der Waals surface area (Å²) in [6, 6.07) is 18.1. The van der Waals surface area contributed by atoms with Crippen LogP contribution in [0.2, 0.25) is 5.02 Å². The summed E-state index contributed by atoms with van der Waals surface area (Å²) < 4.78 is 1.67. The number of benzene rings is 2. The Morgan fingerprint density at radius 1 is 0.967 bits per heavy atom. The summed E-state index contributed by atoms with van der Waals surface area (Å²) >= 11 is 7.53. The highest BCUT2D eigenvalue weighted by atomic mass is 35.5. The molecule has 0 bridgehead atoms. The van der Waals surface area contributed by atoms with Gasteiger partial charge in [-0.25, -0.2) is 4.90 Å². The minimum Gasteiger partial charge on any atom is -0.345 e. The predicted octanol–water partition coefficient (Wildman–Crippen LogP) is 4.51. The number of halogens is 1. The van der Waals surface area contributed by atoms with Gasteiger partial charge < -0.3 is 5.32 Å². The summed E-state index contributed by atoms with van der Waals surface area (Å²) in [5, 5.41) is 3.71. The van der Waals surface area contributed by atoms with E-state index < -0.39 is 5.91 Å². The smallest absolute Gasteiger partial charge is 0.333 e. The summed E-state index contributed by atoms with van der Waals surface area (Å²) in [6.07, 6.45) is 5.51. The van der Waals surface area contributed by atoms with E-state index in [2.05, 4.69) is 5.32 Å². The van der Waals surface area contributed by atoms with Crippen molar-refractivity contribution in [1.29, 1.82) is 0 Å². The molecule has 0 saturated heterocycles. The number of hydrogen-bond donors (Lipinski definition) is 1. The van der Waals surface area contributed by atoms with Gasteiger partial charge in [0, 0.05) is 27.7 Å². The molecule has 2 amide bonds. The molecule has 0 radical (unpaired) electrons. The molecule has 5 nitrogen and oxygen atoms in total. The van der Waals surface area contributed by atoms with Gasteiger partial charge in [0.25, 0.3) is 5.91 Å². The van der Waals surface area contributed by atoms with Gasteiger partial charge in [-0.1, -0.05) is 17.7 Å². The van der Waals surface area contributed by atoms with Crippen molar-refractivity contribution in [3.05, 3.63) is 89.3 Å². The molecule has 0 aliphatic carbocycles. The third kappa shape index (κ3) is 3.84. The lowest BCUT2D eigenvalue weighted by molar-refractivity contribution is -0.577. The fourth-order valence-corrected chi connectivity index (χ4v) is 3.76. The normalized spacial score (nSPS) is 13.9. The number of rotatable bonds is 5. The Morgan fingerprint density at radius 3 is 2.33 bits per heavy atom. The highest BCUT2D eigenvalue weighted by Gasteiger charge is 2.46. The minimum atomic E-state index is -0.406.